The Balaban J connectivity index is 2.74. The van der Waals surface area contributed by atoms with Crippen LogP contribution in [0.3, 0.4) is 0 Å². The minimum atomic E-state index is 0.0347. The first-order chi connectivity index (χ1) is 4.74. The van der Waals surface area contributed by atoms with E-state index in [0.717, 1.165) is 5.76 Å². The molecular weight excluding hydrogens is 152 g/mol. The second-order valence-corrected chi connectivity index (χ2v) is 2.60. The van der Waals surface area contributed by atoms with Crippen LogP contribution in [0.2, 0.25) is 5.22 Å². The van der Waals surface area contributed by atoms with Gasteiger partial charge >= 0.3 is 0 Å². The molecule has 0 radical (unpaired) electrons. The predicted molar refractivity (Wildman–Crippen MR) is 39.2 cm³/mol. The molecule has 0 aliphatic carbocycles. The molecule has 1 N–H and O–H groups in total. The molecule has 0 amide bonds. The lowest BCUT2D eigenvalue weighted by molar-refractivity contribution is 0.257. The van der Waals surface area contributed by atoms with E-state index in [1.54, 1.807) is 12.1 Å². The van der Waals surface area contributed by atoms with Crippen molar-refractivity contribution in [3.8, 4) is 0 Å². The van der Waals surface area contributed by atoms with Crippen molar-refractivity contribution in [1.82, 2.24) is 0 Å². The third kappa shape index (κ3) is 1.52. The Labute approximate surface area is 64.4 Å². The summed E-state index contributed by atoms with van der Waals surface area (Å²) in [5.74, 6) is 0.764. The smallest absolute Gasteiger partial charge is 0.193 e. The van der Waals surface area contributed by atoms with Crippen LogP contribution in [0.1, 0.15) is 18.6 Å². The molecular formula is C7H9ClO2. The van der Waals surface area contributed by atoms with Crippen molar-refractivity contribution in [2.45, 2.75) is 12.8 Å². The molecule has 3 heteroatoms. The number of rotatable bonds is 2. The SMILES string of the molecule is CC(CO)c1ccc(Cl)o1. The molecule has 10 heavy (non-hydrogen) atoms. The van der Waals surface area contributed by atoms with Gasteiger partial charge in [0.25, 0.3) is 0 Å². The van der Waals surface area contributed by atoms with Crippen LogP contribution in [0.5, 0.6) is 0 Å². The van der Waals surface area contributed by atoms with Gasteiger partial charge in [0.2, 0.25) is 0 Å². The molecule has 1 rings (SSSR count). The largest absolute Gasteiger partial charge is 0.449 e. The van der Waals surface area contributed by atoms with Crippen LogP contribution in [-0.4, -0.2) is 11.7 Å². The fourth-order valence-corrected chi connectivity index (χ4v) is 0.835. The lowest BCUT2D eigenvalue weighted by Gasteiger charge is -2.00. The lowest BCUT2D eigenvalue weighted by Crippen LogP contribution is -1.95. The fourth-order valence-electron chi connectivity index (χ4n) is 0.683. The fraction of sp³-hybridized carbons (Fsp3) is 0.429. The predicted octanol–water partition coefficient (Wildman–Crippen LogP) is 2.03. The van der Waals surface area contributed by atoms with Crippen molar-refractivity contribution in [3.63, 3.8) is 0 Å². The van der Waals surface area contributed by atoms with Crippen LogP contribution in [-0.2, 0) is 0 Å². The van der Waals surface area contributed by atoms with E-state index in [2.05, 4.69) is 0 Å². The highest BCUT2D eigenvalue weighted by Crippen LogP contribution is 2.20. The van der Waals surface area contributed by atoms with Gasteiger partial charge in [-0.3, -0.25) is 0 Å². The molecule has 0 bridgehead atoms. The Morgan fingerprint density at radius 1 is 1.70 bits per heavy atom. The Morgan fingerprint density at radius 3 is 2.80 bits per heavy atom. The molecule has 1 heterocycles. The van der Waals surface area contributed by atoms with Crippen molar-refractivity contribution in [3.05, 3.63) is 23.1 Å². The summed E-state index contributed by atoms with van der Waals surface area (Å²) in [6.45, 7) is 1.96. The molecule has 1 unspecified atom stereocenters. The van der Waals surface area contributed by atoms with Crippen LogP contribution >= 0.6 is 11.6 Å². The highest BCUT2D eigenvalue weighted by Gasteiger charge is 2.07. The van der Waals surface area contributed by atoms with Crippen molar-refractivity contribution in [2.75, 3.05) is 6.61 Å². The number of aliphatic hydroxyl groups is 1. The van der Waals surface area contributed by atoms with Gasteiger partial charge in [0.05, 0.1) is 6.61 Å². The highest BCUT2D eigenvalue weighted by molar-refractivity contribution is 6.28. The standard InChI is InChI=1S/C7H9ClO2/c1-5(4-9)6-2-3-7(8)10-6/h2-3,5,9H,4H2,1H3. The van der Waals surface area contributed by atoms with Crippen molar-refractivity contribution < 1.29 is 9.52 Å². The third-order valence-electron chi connectivity index (χ3n) is 1.35. The van der Waals surface area contributed by atoms with E-state index >= 15 is 0 Å². The van der Waals surface area contributed by atoms with Crippen molar-refractivity contribution >= 4 is 11.6 Å². The monoisotopic (exact) mass is 160 g/mol. The molecule has 0 aliphatic heterocycles. The van der Waals surface area contributed by atoms with Crippen LogP contribution in [0.25, 0.3) is 0 Å². The summed E-state index contributed by atoms with van der Waals surface area (Å²) in [4.78, 5) is 0. The van der Waals surface area contributed by atoms with Crippen LogP contribution in [0, 0.1) is 0 Å². The van der Waals surface area contributed by atoms with Gasteiger partial charge in [-0.1, -0.05) is 6.92 Å². The second kappa shape index (κ2) is 3.08. The van der Waals surface area contributed by atoms with Crippen molar-refractivity contribution in [1.29, 1.82) is 0 Å². The maximum Gasteiger partial charge on any atom is 0.193 e. The molecule has 56 valence electrons. The summed E-state index contributed by atoms with van der Waals surface area (Å²) < 4.78 is 5.04. The first kappa shape index (κ1) is 7.63. The summed E-state index contributed by atoms with van der Waals surface area (Å²) in [7, 11) is 0. The topological polar surface area (TPSA) is 33.4 Å². The maximum atomic E-state index is 8.69. The van der Waals surface area contributed by atoms with E-state index in [9.17, 15) is 0 Å². The first-order valence-corrected chi connectivity index (χ1v) is 3.48. The molecule has 1 aromatic rings. The van der Waals surface area contributed by atoms with E-state index < -0.39 is 0 Å². The van der Waals surface area contributed by atoms with E-state index in [1.165, 1.54) is 0 Å². The Hall–Kier alpha value is -0.470. The van der Waals surface area contributed by atoms with Crippen LogP contribution < -0.4 is 0 Å². The molecule has 2 nitrogen and oxygen atoms in total. The van der Waals surface area contributed by atoms with Gasteiger partial charge in [0.1, 0.15) is 5.76 Å². The molecule has 1 aromatic heterocycles. The summed E-state index contributed by atoms with van der Waals surface area (Å²) in [5.41, 5.74) is 0. The van der Waals surface area contributed by atoms with Crippen LogP contribution in [0.15, 0.2) is 16.5 Å². The van der Waals surface area contributed by atoms with Crippen molar-refractivity contribution in [2.24, 2.45) is 0 Å². The van der Waals surface area contributed by atoms with Gasteiger partial charge < -0.3 is 9.52 Å². The number of hydrogen-bond acceptors (Lipinski definition) is 2. The summed E-state index contributed by atoms with van der Waals surface area (Å²) in [6, 6.07) is 3.44. The van der Waals surface area contributed by atoms with E-state index in [-0.39, 0.29) is 12.5 Å². The van der Waals surface area contributed by atoms with E-state index in [0.29, 0.717) is 5.22 Å². The third-order valence-corrected chi connectivity index (χ3v) is 1.56. The average molecular weight is 161 g/mol. The summed E-state index contributed by atoms with van der Waals surface area (Å²) in [5, 5.41) is 9.07. The number of halogens is 1. The molecule has 0 saturated carbocycles. The number of aliphatic hydroxyl groups excluding tert-OH is 1. The molecule has 1 atom stereocenters. The van der Waals surface area contributed by atoms with Gasteiger partial charge in [-0.2, -0.15) is 0 Å². The zero-order valence-corrected chi connectivity index (χ0v) is 6.43. The Kier molecular flexibility index (Phi) is 2.35. The van der Waals surface area contributed by atoms with E-state index in [4.69, 9.17) is 21.1 Å². The van der Waals surface area contributed by atoms with Gasteiger partial charge in [-0.25, -0.2) is 0 Å². The minimum absolute atomic E-state index is 0.0347. The molecule has 0 aromatic carbocycles. The Morgan fingerprint density at radius 2 is 2.40 bits per heavy atom. The van der Waals surface area contributed by atoms with E-state index in [1.807, 2.05) is 6.92 Å². The van der Waals surface area contributed by atoms with Gasteiger partial charge in [0, 0.05) is 5.92 Å². The molecule has 0 aliphatic rings. The quantitative estimate of drug-likeness (QED) is 0.718. The number of furan rings is 1. The Bertz CT molecular complexity index is 207. The second-order valence-electron chi connectivity index (χ2n) is 2.23. The summed E-state index contributed by atoms with van der Waals surface area (Å²) >= 11 is 5.51. The first-order valence-electron chi connectivity index (χ1n) is 3.10. The molecule has 0 spiro atoms. The van der Waals surface area contributed by atoms with Gasteiger partial charge in [-0.05, 0) is 23.7 Å². The van der Waals surface area contributed by atoms with Gasteiger partial charge in [0.15, 0.2) is 5.22 Å². The van der Waals surface area contributed by atoms with Gasteiger partial charge in [-0.15, -0.1) is 0 Å². The van der Waals surface area contributed by atoms with Crippen LogP contribution in [0.4, 0.5) is 0 Å². The molecule has 0 fully saturated rings. The summed E-state index contributed by atoms with van der Waals surface area (Å²) in [6.07, 6.45) is 0. The lowest BCUT2D eigenvalue weighted by atomic mass is 10.1. The minimum Gasteiger partial charge on any atom is -0.449 e. The normalized spacial score (nSPS) is 13.5. The zero-order chi connectivity index (χ0) is 7.56. The highest BCUT2D eigenvalue weighted by atomic mass is 35.5. The number of hydrogen-bond donors (Lipinski definition) is 1. The zero-order valence-electron chi connectivity index (χ0n) is 5.67. The maximum absolute atomic E-state index is 8.69. The average Bonchev–Trinajstić information content (AvgIpc) is 2.34. The molecule has 0 saturated heterocycles.